The smallest absolute Gasteiger partial charge is 0.147 e. The van der Waals surface area contributed by atoms with Crippen LogP contribution in [0.25, 0.3) is 0 Å². The maximum absolute atomic E-state index is 4.38. The number of aromatic nitrogens is 2. The van der Waals surface area contributed by atoms with Gasteiger partial charge in [-0.3, -0.25) is 4.68 Å². The second-order valence-electron chi connectivity index (χ2n) is 4.90. The Morgan fingerprint density at radius 1 is 1.53 bits per heavy atom. The normalized spacial score (nSPS) is 17.7. The number of nitrogens with zero attached hydrogens (tertiary/aromatic N) is 2. The lowest BCUT2D eigenvalue weighted by Gasteiger charge is -2.07. The van der Waals surface area contributed by atoms with E-state index < -0.39 is 0 Å². The maximum atomic E-state index is 4.38. The van der Waals surface area contributed by atoms with Gasteiger partial charge in [0, 0.05) is 25.4 Å². The van der Waals surface area contributed by atoms with Crippen LogP contribution in [0.2, 0.25) is 0 Å². The van der Waals surface area contributed by atoms with Gasteiger partial charge < -0.3 is 5.32 Å². The molecular formula is C12H21N3. The second kappa shape index (κ2) is 4.25. The van der Waals surface area contributed by atoms with Gasteiger partial charge in [0.1, 0.15) is 5.82 Å². The molecule has 1 aromatic rings. The van der Waals surface area contributed by atoms with Gasteiger partial charge in [-0.25, -0.2) is 0 Å². The highest BCUT2D eigenvalue weighted by Gasteiger charge is 2.35. The number of nitrogens with one attached hydrogen (secondary N) is 1. The lowest BCUT2D eigenvalue weighted by atomic mass is 10.0. The molecule has 1 aliphatic rings. The zero-order valence-electron chi connectivity index (χ0n) is 9.79. The second-order valence-corrected chi connectivity index (χ2v) is 4.90. The summed E-state index contributed by atoms with van der Waals surface area (Å²) in [7, 11) is 0. The molecule has 15 heavy (non-hydrogen) atoms. The molecule has 2 rings (SSSR count). The highest BCUT2D eigenvalue weighted by atomic mass is 15.3. The molecule has 1 N–H and O–H groups in total. The molecule has 84 valence electrons. The summed E-state index contributed by atoms with van der Waals surface area (Å²) in [6, 6.07) is 2.04. The Hall–Kier alpha value is -0.990. The largest absolute Gasteiger partial charge is 0.369 e. The quantitative estimate of drug-likeness (QED) is 0.727. The fourth-order valence-corrected chi connectivity index (χ4v) is 1.83. The molecule has 1 aromatic heterocycles. The van der Waals surface area contributed by atoms with E-state index in [0.29, 0.717) is 5.41 Å². The van der Waals surface area contributed by atoms with Gasteiger partial charge >= 0.3 is 0 Å². The Kier molecular flexibility index (Phi) is 2.98. The highest BCUT2D eigenvalue weighted by Crippen LogP contribution is 2.48. The number of hydrogen-bond donors (Lipinski definition) is 1. The Morgan fingerprint density at radius 2 is 2.33 bits per heavy atom. The molecule has 1 heterocycles. The van der Waals surface area contributed by atoms with Crippen molar-refractivity contribution in [3.63, 3.8) is 0 Å². The van der Waals surface area contributed by atoms with E-state index in [0.717, 1.165) is 18.9 Å². The molecule has 3 heteroatoms. The van der Waals surface area contributed by atoms with Crippen molar-refractivity contribution in [3.8, 4) is 0 Å². The molecule has 1 aliphatic carbocycles. The van der Waals surface area contributed by atoms with Crippen LogP contribution in [-0.2, 0) is 6.54 Å². The summed E-state index contributed by atoms with van der Waals surface area (Å²) in [4.78, 5) is 0. The number of aryl methyl sites for hydroxylation is 1. The predicted molar refractivity (Wildman–Crippen MR) is 63.0 cm³/mol. The van der Waals surface area contributed by atoms with E-state index in [2.05, 4.69) is 24.3 Å². The number of hydrogen-bond acceptors (Lipinski definition) is 2. The van der Waals surface area contributed by atoms with E-state index >= 15 is 0 Å². The average Bonchev–Trinajstić information content (AvgIpc) is 2.81. The fraction of sp³-hybridized carbons (Fsp3) is 0.750. The molecule has 0 aromatic carbocycles. The molecule has 1 fully saturated rings. The van der Waals surface area contributed by atoms with Crippen molar-refractivity contribution in [3.05, 3.63) is 12.3 Å². The summed E-state index contributed by atoms with van der Waals surface area (Å²) in [6.45, 7) is 6.49. The van der Waals surface area contributed by atoms with Crippen LogP contribution in [0.4, 0.5) is 5.82 Å². The predicted octanol–water partition coefficient (Wildman–Crippen LogP) is 2.90. The summed E-state index contributed by atoms with van der Waals surface area (Å²) in [6.07, 6.45) is 7.49. The van der Waals surface area contributed by atoms with Gasteiger partial charge in [0.25, 0.3) is 0 Å². The van der Waals surface area contributed by atoms with Gasteiger partial charge in [0.05, 0.1) is 0 Å². The summed E-state index contributed by atoms with van der Waals surface area (Å²) in [5.41, 5.74) is 0.685. The molecule has 0 aliphatic heterocycles. The molecule has 0 saturated heterocycles. The molecule has 1 saturated carbocycles. The SMILES string of the molecule is CCn1ccc(NCCCC2(C)CC2)n1. The van der Waals surface area contributed by atoms with Crippen LogP contribution in [0.3, 0.4) is 0 Å². The van der Waals surface area contributed by atoms with Crippen molar-refractivity contribution >= 4 is 5.82 Å². The molecule has 0 spiro atoms. The Balaban J connectivity index is 1.64. The minimum atomic E-state index is 0.685. The molecule has 3 nitrogen and oxygen atoms in total. The van der Waals surface area contributed by atoms with E-state index in [1.165, 1.54) is 25.7 Å². The van der Waals surface area contributed by atoms with E-state index in [4.69, 9.17) is 0 Å². The van der Waals surface area contributed by atoms with Crippen molar-refractivity contribution in [1.29, 1.82) is 0 Å². The molecule has 0 atom stereocenters. The van der Waals surface area contributed by atoms with Crippen LogP contribution in [0.1, 0.15) is 39.5 Å². The first-order valence-corrected chi connectivity index (χ1v) is 5.99. The minimum Gasteiger partial charge on any atom is -0.369 e. The third-order valence-electron chi connectivity index (χ3n) is 3.33. The Bertz CT molecular complexity index is 312. The molecule has 0 amide bonds. The topological polar surface area (TPSA) is 29.9 Å². The van der Waals surface area contributed by atoms with Crippen molar-refractivity contribution in [2.75, 3.05) is 11.9 Å². The third-order valence-corrected chi connectivity index (χ3v) is 3.33. The Labute approximate surface area is 91.9 Å². The third kappa shape index (κ3) is 2.98. The zero-order chi connectivity index (χ0) is 10.7. The molecule has 0 bridgehead atoms. The van der Waals surface area contributed by atoms with Gasteiger partial charge in [-0.15, -0.1) is 0 Å². The lowest BCUT2D eigenvalue weighted by molar-refractivity contribution is 0.503. The van der Waals surface area contributed by atoms with Gasteiger partial charge in [0.15, 0.2) is 0 Å². The number of anilines is 1. The van der Waals surface area contributed by atoms with Crippen LogP contribution in [0.5, 0.6) is 0 Å². The van der Waals surface area contributed by atoms with Crippen LogP contribution >= 0.6 is 0 Å². The van der Waals surface area contributed by atoms with Crippen molar-refractivity contribution in [1.82, 2.24) is 9.78 Å². The minimum absolute atomic E-state index is 0.685. The summed E-state index contributed by atoms with van der Waals surface area (Å²) in [5.74, 6) is 1.01. The van der Waals surface area contributed by atoms with Crippen molar-refractivity contribution < 1.29 is 0 Å². The summed E-state index contributed by atoms with van der Waals surface area (Å²) < 4.78 is 1.95. The first-order chi connectivity index (χ1) is 7.22. The summed E-state index contributed by atoms with van der Waals surface area (Å²) >= 11 is 0. The van der Waals surface area contributed by atoms with Gasteiger partial charge in [0.2, 0.25) is 0 Å². The zero-order valence-corrected chi connectivity index (χ0v) is 9.79. The van der Waals surface area contributed by atoms with E-state index in [1.807, 2.05) is 16.9 Å². The fourth-order valence-electron chi connectivity index (χ4n) is 1.83. The van der Waals surface area contributed by atoms with Crippen LogP contribution in [0, 0.1) is 5.41 Å². The first-order valence-electron chi connectivity index (χ1n) is 5.99. The summed E-state index contributed by atoms with van der Waals surface area (Å²) in [5, 5.41) is 7.75. The molecule has 0 radical (unpaired) electrons. The molecular weight excluding hydrogens is 186 g/mol. The van der Waals surface area contributed by atoms with E-state index in [1.54, 1.807) is 0 Å². The Morgan fingerprint density at radius 3 is 2.93 bits per heavy atom. The van der Waals surface area contributed by atoms with E-state index in [9.17, 15) is 0 Å². The van der Waals surface area contributed by atoms with Crippen molar-refractivity contribution in [2.45, 2.75) is 46.1 Å². The lowest BCUT2D eigenvalue weighted by Crippen LogP contribution is -2.05. The average molecular weight is 207 g/mol. The van der Waals surface area contributed by atoms with Crippen molar-refractivity contribution in [2.24, 2.45) is 5.41 Å². The highest BCUT2D eigenvalue weighted by molar-refractivity contribution is 5.31. The van der Waals surface area contributed by atoms with Gasteiger partial charge in [-0.1, -0.05) is 6.92 Å². The van der Waals surface area contributed by atoms with Crippen LogP contribution < -0.4 is 5.32 Å². The standard InChI is InChI=1S/C12H21N3/c1-3-15-10-5-11(14-15)13-9-4-6-12(2)7-8-12/h5,10H,3-4,6-9H2,1-2H3,(H,13,14). The monoisotopic (exact) mass is 207 g/mol. The maximum Gasteiger partial charge on any atom is 0.147 e. The number of rotatable bonds is 6. The van der Waals surface area contributed by atoms with Crippen LogP contribution in [-0.4, -0.2) is 16.3 Å². The van der Waals surface area contributed by atoms with Gasteiger partial charge in [-0.05, 0) is 38.0 Å². The van der Waals surface area contributed by atoms with E-state index in [-0.39, 0.29) is 0 Å². The first kappa shape index (κ1) is 10.5. The van der Waals surface area contributed by atoms with Gasteiger partial charge in [-0.2, -0.15) is 5.10 Å². The van der Waals surface area contributed by atoms with Crippen LogP contribution in [0.15, 0.2) is 12.3 Å². The molecule has 0 unspecified atom stereocenters.